The van der Waals surface area contributed by atoms with Crippen molar-refractivity contribution in [3.8, 4) is 17.2 Å². The second kappa shape index (κ2) is 26.5. The van der Waals surface area contributed by atoms with Gasteiger partial charge in [-0.15, -0.1) is 0 Å². The minimum Gasteiger partial charge on any atom is -0.496 e. The molecule has 0 unspecified atom stereocenters. The summed E-state index contributed by atoms with van der Waals surface area (Å²) in [5.74, 6) is 3.50. The van der Waals surface area contributed by atoms with Crippen LogP contribution in [0.1, 0.15) is 93.4 Å². The average Bonchev–Trinajstić information content (AvgIpc) is 3.38. The van der Waals surface area contributed by atoms with Crippen LogP contribution >= 0.6 is 12.6 Å². The topological polar surface area (TPSA) is 34.2 Å². The molecule has 5 nitrogen and oxygen atoms in total. The van der Waals surface area contributed by atoms with Crippen molar-refractivity contribution in [2.75, 3.05) is 35.9 Å². The first-order valence-corrected chi connectivity index (χ1v) is 24.8. The molecule has 0 spiro atoms. The largest absolute Gasteiger partial charge is 0.496 e. The molecule has 0 atom stereocenters. The molecular weight excluding hydrogens is 841 g/mol. The lowest BCUT2D eigenvalue weighted by molar-refractivity contribution is 0.303. The predicted octanol–water partition coefficient (Wildman–Crippen LogP) is 17.6. The van der Waals surface area contributed by atoms with E-state index < -0.39 is 0 Å². The maximum absolute atomic E-state index is 6.53. The molecule has 0 aromatic heterocycles. The molecule has 6 heteroatoms. The van der Waals surface area contributed by atoms with Gasteiger partial charge in [-0.05, 0) is 133 Å². The van der Waals surface area contributed by atoms with Crippen molar-refractivity contribution in [2.45, 2.75) is 71.1 Å². The number of nitrogens with zero attached hydrogens (tertiary/aromatic N) is 2. The van der Waals surface area contributed by atoms with Gasteiger partial charge >= 0.3 is 0 Å². The van der Waals surface area contributed by atoms with E-state index in [4.69, 9.17) is 14.2 Å². The predicted molar refractivity (Wildman–Crippen MR) is 290 cm³/mol. The lowest BCUT2D eigenvalue weighted by Crippen LogP contribution is -2.09. The average molecular weight is 907 g/mol. The van der Waals surface area contributed by atoms with Crippen molar-refractivity contribution in [1.82, 2.24) is 0 Å². The monoisotopic (exact) mass is 906 g/mol. The van der Waals surface area contributed by atoms with Gasteiger partial charge in [-0.1, -0.05) is 155 Å². The highest BCUT2D eigenvalue weighted by molar-refractivity contribution is 7.80. The highest BCUT2D eigenvalue weighted by atomic mass is 32.1. The van der Waals surface area contributed by atoms with Crippen LogP contribution < -0.4 is 24.0 Å². The number of unbranched alkanes of at least 4 members (excludes halogenated alkanes) is 8. The number of hydrogen-bond acceptors (Lipinski definition) is 6. The summed E-state index contributed by atoms with van der Waals surface area (Å²) in [6, 6.07) is 61.5. The molecule has 0 aliphatic heterocycles. The zero-order valence-electron chi connectivity index (χ0n) is 39.3. The van der Waals surface area contributed by atoms with Crippen LogP contribution in [0.2, 0.25) is 0 Å². The molecule has 67 heavy (non-hydrogen) atoms. The summed E-state index contributed by atoms with van der Waals surface area (Å²) in [7, 11) is 1.73. The second-order valence-corrected chi connectivity index (χ2v) is 17.2. The number of benzene rings is 7. The van der Waals surface area contributed by atoms with Crippen LogP contribution in [0.25, 0.3) is 24.3 Å². The Morgan fingerprint density at radius 1 is 0.403 bits per heavy atom. The fourth-order valence-corrected chi connectivity index (χ4v) is 8.36. The summed E-state index contributed by atoms with van der Waals surface area (Å²) in [6.45, 7) is 3.63. The van der Waals surface area contributed by atoms with E-state index in [0.717, 1.165) is 105 Å². The first-order chi connectivity index (χ1) is 33.1. The number of anilines is 6. The minimum absolute atomic E-state index is 0.659. The molecular formula is C61H66N2O3S. The van der Waals surface area contributed by atoms with Gasteiger partial charge in [-0.2, -0.15) is 12.6 Å². The molecule has 0 aliphatic rings. The Labute approximate surface area is 405 Å². The standard InChI is InChI=1S/C61H66N2O3S/c1-3-4-5-19-45-66-61-48-51(60(64-2)47-52(61)35-29-50-30-36-56(37-31-50)62(53-22-13-10-14-23-53)54-24-15-11-16-25-54)34-28-49-32-38-57(39-33-49)63(55-26-17-12-18-27-55)58-40-42-59(43-41-58)65-44-20-8-6-7-9-21-46-67/h10-18,22-43,47-48,67H,3-9,19-21,44-46H2,1-2H3. The Hall–Kier alpha value is -6.63. The maximum Gasteiger partial charge on any atom is 0.127 e. The van der Waals surface area contributed by atoms with Gasteiger partial charge < -0.3 is 24.0 Å². The van der Waals surface area contributed by atoms with E-state index in [1.807, 2.05) is 0 Å². The number of rotatable bonds is 26. The molecule has 344 valence electrons. The van der Waals surface area contributed by atoms with Crippen LogP contribution in [-0.4, -0.2) is 26.1 Å². The number of para-hydroxylation sites is 3. The van der Waals surface area contributed by atoms with Gasteiger partial charge in [0, 0.05) is 45.3 Å². The first-order valence-electron chi connectivity index (χ1n) is 24.1. The van der Waals surface area contributed by atoms with Gasteiger partial charge in [0.25, 0.3) is 0 Å². The Morgan fingerprint density at radius 2 is 0.791 bits per heavy atom. The molecule has 0 heterocycles. The van der Waals surface area contributed by atoms with Crippen LogP contribution in [-0.2, 0) is 0 Å². The number of ether oxygens (including phenoxy) is 3. The van der Waals surface area contributed by atoms with Crippen molar-refractivity contribution in [1.29, 1.82) is 0 Å². The third-order valence-electron chi connectivity index (χ3n) is 11.8. The molecule has 0 bridgehead atoms. The van der Waals surface area contributed by atoms with Crippen molar-refractivity contribution in [3.63, 3.8) is 0 Å². The number of hydrogen-bond donors (Lipinski definition) is 1. The zero-order valence-corrected chi connectivity index (χ0v) is 40.2. The number of thiol groups is 1. The van der Waals surface area contributed by atoms with E-state index in [1.165, 1.54) is 44.9 Å². The molecule has 0 amide bonds. The second-order valence-electron chi connectivity index (χ2n) is 16.8. The van der Waals surface area contributed by atoms with Gasteiger partial charge in [-0.25, -0.2) is 0 Å². The van der Waals surface area contributed by atoms with Gasteiger partial charge in [-0.3, -0.25) is 0 Å². The lowest BCUT2D eigenvalue weighted by Gasteiger charge is -2.25. The minimum atomic E-state index is 0.659. The zero-order chi connectivity index (χ0) is 46.3. The fraction of sp³-hybridized carbons (Fsp3) is 0.246. The Morgan fingerprint density at radius 3 is 1.25 bits per heavy atom. The maximum atomic E-state index is 6.53. The van der Waals surface area contributed by atoms with Crippen molar-refractivity contribution >= 4 is 71.1 Å². The summed E-state index contributed by atoms with van der Waals surface area (Å²) in [5.41, 5.74) is 10.6. The van der Waals surface area contributed by atoms with Gasteiger partial charge in [0.2, 0.25) is 0 Å². The Bertz CT molecular complexity index is 2500. The van der Waals surface area contributed by atoms with Crippen molar-refractivity contribution in [3.05, 3.63) is 198 Å². The van der Waals surface area contributed by atoms with E-state index in [-0.39, 0.29) is 0 Å². The quantitative estimate of drug-likeness (QED) is 0.0333. The van der Waals surface area contributed by atoms with Crippen LogP contribution in [0.5, 0.6) is 17.2 Å². The Kier molecular flexibility index (Phi) is 19.1. The number of methoxy groups -OCH3 is 1. The van der Waals surface area contributed by atoms with Crippen LogP contribution in [0.4, 0.5) is 34.1 Å². The smallest absolute Gasteiger partial charge is 0.127 e. The van der Waals surface area contributed by atoms with E-state index in [1.54, 1.807) is 7.11 Å². The van der Waals surface area contributed by atoms with Gasteiger partial charge in [0.1, 0.15) is 17.2 Å². The van der Waals surface area contributed by atoms with Crippen molar-refractivity contribution in [2.24, 2.45) is 0 Å². The van der Waals surface area contributed by atoms with E-state index in [0.29, 0.717) is 6.61 Å². The molecule has 0 N–H and O–H groups in total. The molecule has 7 aromatic rings. The summed E-state index contributed by atoms with van der Waals surface area (Å²) in [4.78, 5) is 4.55. The normalized spacial score (nSPS) is 11.3. The molecule has 0 aliphatic carbocycles. The van der Waals surface area contributed by atoms with Crippen molar-refractivity contribution < 1.29 is 14.2 Å². The molecule has 0 fully saturated rings. The highest BCUT2D eigenvalue weighted by Crippen LogP contribution is 2.38. The molecule has 0 radical (unpaired) electrons. The summed E-state index contributed by atoms with van der Waals surface area (Å²) in [6.07, 6.45) is 20.4. The van der Waals surface area contributed by atoms with Crippen LogP contribution in [0, 0.1) is 0 Å². The van der Waals surface area contributed by atoms with Gasteiger partial charge in [0.05, 0.1) is 20.3 Å². The first kappa shape index (κ1) is 48.3. The summed E-state index contributed by atoms with van der Waals surface area (Å²) < 4.78 is 18.7. The van der Waals surface area contributed by atoms with E-state index >= 15 is 0 Å². The van der Waals surface area contributed by atoms with Gasteiger partial charge in [0.15, 0.2) is 0 Å². The Balaban J connectivity index is 1.07. The van der Waals surface area contributed by atoms with E-state index in [2.05, 4.69) is 230 Å². The third kappa shape index (κ3) is 14.4. The van der Waals surface area contributed by atoms with E-state index in [9.17, 15) is 0 Å². The summed E-state index contributed by atoms with van der Waals surface area (Å²) >= 11 is 4.32. The SMILES string of the molecule is CCCCCCOc1cc(C=Cc2ccc(N(c3ccccc3)c3ccc(OCCCCCCCCS)cc3)cc2)c(OC)cc1C=Cc1ccc(N(c2ccccc2)c2ccccc2)cc1. The lowest BCUT2D eigenvalue weighted by atomic mass is 10.0. The van der Waals surface area contributed by atoms with Crippen LogP contribution in [0.15, 0.2) is 176 Å². The summed E-state index contributed by atoms with van der Waals surface area (Å²) in [5, 5.41) is 0. The third-order valence-corrected chi connectivity index (χ3v) is 12.1. The van der Waals surface area contributed by atoms with Crippen LogP contribution in [0.3, 0.4) is 0 Å². The molecule has 0 saturated heterocycles. The molecule has 7 rings (SSSR count). The fourth-order valence-electron chi connectivity index (χ4n) is 8.13. The molecule has 0 saturated carbocycles. The molecule has 7 aromatic carbocycles. The highest BCUT2D eigenvalue weighted by Gasteiger charge is 2.15.